The Morgan fingerprint density at radius 2 is 2.35 bits per heavy atom. The minimum atomic E-state index is -0.443. The fourth-order valence-corrected chi connectivity index (χ4v) is 3.70. The molecule has 0 saturated carbocycles. The summed E-state index contributed by atoms with van der Waals surface area (Å²) in [4.78, 5) is 0. The third-order valence-electron chi connectivity index (χ3n) is 4.04. The second-order valence-electron chi connectivity index (χ2n) is 6.38. The van der Waals surface area contributed by atoms with Gasteiger partial charge in [-0.25, -0.2) is 0 Å². The van der Waals surface area contributed by atoms with Crippen LogP contribution in [0, 0.1) is 5.41 Å². The molecule has 0 radical (unpaired) electrons. The highest BCUT2D eigenvalue weighted by Gasteiger charge is 2.34. The molecule has 2 N–H and O–H groups in total. The Bertz CT molecular complexity index is 559. The average Bonchev–Trinajstić information content (AvgIpc) is 3.04. The van der Waals surface area contributed by atoms with E-state index in [9.17, 15) is 5.11 Å². The lowest BCUT2D eigenvalue weighted by atomic mass is 9.75. The molecule has 0 spiro atoms. The van der Waals surface area contributed by atoms with Gasteiger partial charge in [-0.05, 0) is 40.3 Å². The van der Waals surface area contributed by atoms with Crippen LogP contribution in [0.15, 0.2) is 33.6 Å². The van der Waals surface area contributed by atoms with E-state index in [0.717, 1.165) is 24.2 Å². The van der Waals surface area contributed by atoms with Gasteiger partial charge < -0.3 is 14.8 Å². The number of nitrogens with one attached hydrogen (secondary N) is 1. The third-order valence-corrected chi connectivity index (χ3v) is 4.74. The van der Waals surface area contributed by atoms with Crippen LogP contribution in [0.25, 0.3) is 0 Å². The maximum absolute atomic E-state index is 10.2. The van der Waals surface area contributed by atoms with Crippen molar-refractivity contribution in [3.63, 3.8) is 0 Å². The number of hydrogen-bond donors (Lipinski definition) is 2. The van der Waals surface area contributed by atoms with Crippen molar-refractivity contribution in [2.75, 3.05) is 6.54 Å². The summed E-state index contributed by atoms with van der Waals surface area (Å²) in [6.45, 7) is 5.10. The summed E-state index contributed by atoms with van der Waals surface area (Å²) < 4.78 is 5.60. The van der Waals surface area contributed by atoms with Crippen molar-refractivity contribution in [1.82, 2.24) is 5.32 Å². The molecule has 1 aliphatic rings. The van der Waals surface area contributed by atoms with Crippen molar-refractivity contribution in [1.29, 1.82) is 0 Å². The Kier molecular flexibility index (Phi) is 3.71. The summed E-state index contributed by atoms with van der Waals surface area (Å²) in [6.07, 6.45) is 3.38. The quantitative estimate of drug-likeness (QED) is 0.903. The van der Waals surface area contributed by atoms with Crippen molar-refractivity contribution in [3.05, 3.63) is 46.0 Å². The van der Waals surface area contributed by atoms with Gasteiger partial charge in [0.2, 0.25) is 0 Å². The number of aliphatic hydroxyl groups is 1. The lowest BCUT2D eigenvalue weighted by Crippen LogP contribution is -2.34. The minimum Gasteiger partial charge on any atom is -0.469 e. The van der Waals surface area contributed by atoms with Gasteiger partial charge in [0.1, 0.15) is 5.76 Å². The van der Waals surface area contributed by atoms with Crippen LogP contribution in [-0.2, 0) is 6.42 Å². The van der Waals surface area contributed by atoms with Gasteiger partial charge >= 0.3 is 0 Å². The first-order valence-electron chi connectivity index (χ1n) is 7.05. The largest absolute Gasteiger partial charge is 0.469 e. The SMILES string of the molecule is CC1(C)Cc2occc2C(NCC(O)c2ccsc2)C1. The zero-order valence-corrected chi connectivity index (χ0v) is 12.7. The van der Waals surface area contributed by atoms with E-state index in [2.05, 4.69) is 25.2 Å². The predicted octanol–water partition coefficient (Wildman–Crippen LogP) is 3.68. The third kappa shape index (κ3) is 2.82. The molecule has 2 atom stereocenters. The standard InChI is InChI=1S/C16H21NO2S/c1-16(2)7-13(12-3-5-19-15(12)8-16)17-9-14(18)11-4-6-20-10-11/h3-6,10,13-14,17-18H,7-9H2,1-2H3. The first-order chi connectivity index (χ1) is 9.55. The van der Waals surface area contributed by atoms with E-state index < -0.39 is 6.10 Å². The van der Waals surface area contributed by atoms with Gasteiger partial charge in [-0.2, -0.15) is 11.3 Å². The maximum atomic E-state index is 10.2. The molecule has 0 amide bonds. The van der Waals surface area contributed by atoms with E-state index in [0.29, 0.717) is 6.54 Å². The van der Waals surface area contributed by atoms with E-state index >= 15 is 0 Å². The lowest BCUT2D eigenvalue weighted by Gasteiger charge is -2.35. The van der Waals surface area contributed by atoms with Gasteiger partial charge in [0, 0.05) is 24.6 Å². The van der Waals surface area contributed by atoms with E-state index in [-0.39, 0.29) is 11.5 Å². The summed E-state index contributed by atoms with van der Waals surface area (Å²) in [7, 11) is 0. The van der Waals surface area contributed by atoms with E-state index in [1.165, 1.54) is 5.56 Å². The maximum Gasteiger partial charge on any atom is 0.109 e. The molecule has 2 aromatic heterocycles. The monoisotopic (exact) mass is 291 g/mol. The molecule has 4 heteroatoms. The molecule has 0 aromatic carbocycles. The van der Waals surface area contributed by atoms with Crippen LogP contribution in [0.1, 0.15) is 49.3 Å². The Labute approximate surface area is 123 Å². The Balaban J connectivity index is 1.69. The highest BCUT2D eigenvalue weighted by molar-refractivity contribution is 7.07. The van der Waals surface area contributed by atoms with Crippen molar-refractivity contribution in [2.24, 2.45) is 5.41 Å². The van der Waals surface area contributed by atoms with E-state index in [1.807, 2.05) is 16.8 Å². The molecule has 1 aliphatic carbocycles. The molecule has 108 valence electrons. The fourth-order valence-electron chi connectivity index (χ4n) is 2.99. The van der Waals surface area contributed by atoms with Gasteiger partial charge in [0.05, 0.1) is 12.4 Å². The van der Waals surface area contributed by atoms with Crippen LogP contribution in [0.4, 0.5) is 0 Å². The van der Waals surface area contributed by atoms with Gasteiger partial charge in [-0.1, -0.05) is 13.8 Å². The summed E-state index contributed by atoms with van der Waals surface area (Å²) in [5.74, 6) is 1.09. The summed E-state index contributed by atoms with van der Waals surface area (Å²) >= 11 is 1.62. The van der Waals surface area contributed by atoms with Crippen molar-refractivity contribution >= 4 is 11.3 Å². The number of fused-ring (bicyclic) bond motifs is 1. The van der Waals surface area contributed by atoms with Crippen molar-refractivity contribution in [3.8, 4) is 0 Å². The minimum absolute atomic E-state index is 0.232. The fraction of sp³-hybridized carbons (Fsp3) is 0.500. The number of thiophene rings is 1. The molecule has 2 heterocycles. The van der Waals surface area contributed by atoms with Gasteiger partial charge in [0.25, 0.3) is 0 Å². The molecule has 20 heavy (non-hydrogen) atoms. The zero-order chi connectivity index (χ0) is 14.2. The van der Waals surface area contributed by atoms with Gasteiger partial charge in [-0.3, -0.25) is 0 Å². The summed E-state index contributed by atoms with van der Waals surface area (Å²) in [5.41, 5.74) is 2.47. The Morgan fingerprint density at radius 3 is 3.10 bits per heavy atom. The molecule has 0 aliphatic heterocycles. The molecular formula is C16H21NO2S. The van der Waals surface area contributed by atoms with Crippen LogP contribution < -0.4 is 5.32 Å². The molecule has 0 bridgehead atoms. The molecule has 3 rings (SSSR count). The van der Waals surface area contributed by atoms with E-state index in [1.54, 1.807) is 17.6 Å². The highest BCUT2D eigenvalue weighted by Crippen LogP contribution is 2.41. The van der Waals surface area contributed by atoms with Crippen LogP contribution >= 0.6 is 11.3 Å². The molecular weight excluding hydrogens is 270 g/mol. The molecule has 2 unspecified atom stereocenters. The van der Waals surface area contributed by atoms with Crippen LogP contribution in [0.3, 0.4) is 0 Å². The number of aliphatic hydroxyl groups excluding tert-OH is 1. The lowest BCUT2D eigenvalue weighted by molar-refractivity contribution is 0.158. The Hall–Kier alpha value is -1.10. The normalized spacial score (nSPS) is 22.4. The van der Waals surface area contributed by atoms with E-state index in [4.69, 9.17) is 4.42 Å². The van der Waals surface area contributed by atoms with Gasteiger partial charge in [-0.15, -0.1) is 0 Å². The zero-order valence-electron chi connectivity index (χ0n) is 11.9. The predicted molar refractivity (Wildman–Crippen MR) is 80.8 cm³/mol. The number of furan rings is 1. The smallest absolute Gasteiger partial charge is 0.109 e. The topological polar surface area (TPSA) is 45.4 Å². The first kappa shape index (κ1) is 13.9. The average molecular weight is 291 g/mol. The molecule has 0 fully saturated rings. The summed E-state index contributed by atoms with van der Waals surface area (Å²) in [5, 5.41) is 17.7. The van der Waals surface area contributed by atoms with Gasteiger partial charge in [0.15, 0.2) is 0 Å². The molecule has 3 nitrogen and oxygen atoms in total. The van der Waals surface area contributed by atoms with Crippen molar-refractivity contribution in [2.45, 2.75) is 38.8 Å². The molecule has 2 aromatic rings. The number of rotatable bonds is 4. The molecule has 0 saturated heterocycles. The van der Waals surface area contributed by atoms with Crippen molar-refractivity contribution < 1.29 is 9.52 Å². The highest BCUT2D eigenvalue weighted by atomic mass is 32.1. The first-order valence-corrected chi connectivity index (χ1v) is 7.99. The van der Waals surface area contributed by atoms with Crippen LogP contribution in [-0.4, -0.2) is 11.7 Å². The second-order valence-corrected chi connectivity index (χ2v) is 7.16. The summed E-state index contributed by atoms with van der Waals surface area (Å²) in [6, 6.07) is 4.30. The van der Waals surface area contributed by atoms with Crippen LogP contribution in [0.2, 0.25) is 0 Å². The Morgan fingerprint density at radius 1 is 1.50 bits per heavy atom. The van der Waals surface area contributed by atoms with Crippen LogP contribution in [0.5, 0.6) is 0 Å². The second kappa shape index (κ2) is 5.35. The number of hydrogen-bond acceptors (Lipinski definition) is 4.